The highest BCUT2D eigenvalue weighted by Crippen LogP contribution is 2.26. The van der Waals surface area contributed by atoms with Crippen LogP contribution in [0.15, 0.2) is 47.5 Å². The van der Waals surface area contributed by atoms with Gasteiger partial charge < -0.3 is 20.4 Å². The van der Waals surface area contributed by atoms with E-state index in [1.165, 1.54) is 23.8 Å². The fourth-order valence-electron chi connectivity index (χ4n) is 3.57. The molecule has 0 spiro atoms. The van der Waals surface area contributed by atoms with E-state index in [9.17, 15) is 8.78 Å². The highest BCUT2D eigenvalue weighted by atomic mass is 127. The largest absolute Gasteiger partial charge is 0.365 e. The lowest BCUT2D eigenvalue weighted by Gasteiger charge is -2.21. The average molecular weight is 529 g/mol. The summed E-state index contributed by atoms with van der Waals surface area (Å²) < 4.78 is 28.0. The van der Waals surface area contributed by atoms with Crippen LogP contribution in [0.4, 0.5) is 14.5 Å². The Hall–Kier alpha value is -1.94. The van der Waals surface area contributed by atoms with Crippen molar-refractivity contribution in [2.75, 3.05) is 39.1 Å². The van der Waals surface area contributed by atoms with E-state index in [0.717, 1.165) is 18.5 Å². The zero-order chi connectivity index (χ0) is 20.8. The van der Waals surface area contributed by atoms with Crippen molar-refractivity contribution in [3.8, 4) is 0 Å². The Morgan fingerprint density at radius 1 is 1.10 bits per heavy atom. The van der Waals surface area contributed by atoms with Crippen molar-refractivity contribution in [3.63, 3.8) is 0 Å². The van der Waals surface area contributed by atoms with Gasteiger partial charge in [0.05, 0.1) is 0 Å². The number of benzene rings is 2. The van der Waals surface area contributed by atoms with Crippen molar-refractivity contribution in [1.29, 1.82) is 0 Å². The van der Waals surface area contributed by atoms with Crippen molar-refractivity contribution in [1.82, 2.24) is 15.5 Å². The molecule has 1 fully saturated rings. The summed E-state index contributed by atoms with van der Waals surface area (Å²) in [6.45, 7) is 2.69. The van der Waals surface area contributed by atoms with Gasteiger partial charge in [0.15, 0.2) is 5.96 Å². The van der Waals surface area contributed by atoms with Gasteiger partial charge in [-0.3, -0.25) is 4.99 Å². The zero-order valence-electron chi connectivity index (χ0n) is 17.7. The van der Waals surface area contributed by atoms with Gasteiger partial charge in [0, 0.05) is 39.3 Å². The van der Waals surface area contributed by atoms with Crippen LogP contribution in [0.2, 0.25) is 0 Å². The number of guanidine groups is 1. The highest BCUT2D eigenvalue weighted by molar-refractivity contribution is 14.0. The minimum atomic E-state index is -0.522. The molecule has 1 saturated heterocycles. The molecule has 0 amide bonds. The molecule has 0 radical (unpaired) electrons. The number of para-hydroxylation sites is 1. The standard InChI is InChI=1S/C22H29F2N5.HI/c1-25-22(26-13-16-7-9-17(10-8-16)14-28(2)3)27-18-11-12-29(15-18)21-19(23)5-4-6-20(21)24;/h4-10,18H,11-15H2,1-3H3,(H2,25,26,27);1H. The van der Waals surface area contributed by atoms with Gasteiger partial charge in [-0.2, -0.15) is 0 Å². The maximum atomic E-state index is 14.0. The SMILES string of the molecule is CN=C(NCc1ccc(CN(C)C)cc1)NC1CCN(c2c(F)cccc2F)C1.I. The van der Waals surface area contributed by atoms with Crippen molar-refractivity contribution in [2.24, 2.45) is 4.99 Å². The summed E-state index contributed by atoms with van der Waals surface area (Å²) >= 11 is 0. The number of hydrogen-bond donors (Lipinski definition) is 2. The maximum absolute atomic E-state index is 14.0. The molecular formula is C22H30F2IN5. The molecule has 1 aliphatic heterocycles. The van der Waals surface area contributed by atoms with E-state index in [-0.39, 0.29) is 35.7 Å². The van der Waals surface area contributed by atoms with Gasteiger partial charge in [-0.05, 0) is 43.8 Å². The predicted molar refractivity (Wildman–Crippen MR) is 130 cm³/mol. The molecule has 2 aromatic rings. The van der Waals surface area contributed by atoms with Crippen LogP contribution in [0.3, 0.4) is 0 Å². The van der Waals surface area contributed by atoms with E-state index in [0.29, 0.717) is 25.6 Å². The van der Waals surface area contributed by atoms with Gasteiger partial charge in [-0.15, -0.1) is 24.0 Å². The summed E-state index contributed by atoms with van der Waals surface area (Å²) in [5.41, 5.74) is 2.49. The summed E-state index contributed by atoms with van der Waals surface area (Å²) in [6.07, 6.45) is 0.785. The molecule has 0 saturated carbocycles. The molecule has 5 nitrogen and oxygen atoms in total. The molecule has 1 aliphatic rings. The highest BCUT2D eigenvalue weighted by Gasteiger charge is 2.27. The van der Waals surface area contributed by atoms with Crippen LogP contribution >= 0.6 is 24.0 Å². The maximum Gasteiger partial charge on any atom is 0.191 e. The summed E-state index contributed by atoms with van der Waals surface area (Å²) in [5, 5.41) is 6.67. The van der Waals surface area contributed by atoms with Crippen molar-refractivity contribution < 1.29 is 8.78 Å². The Morgan fingerprint density at radius 3 is 2.33 bits per heavy atom. The smallest absolute Gasteiger partial charge is 0.191 e. The van der Waals surface area contributed by atoms with E-state index in [4.69, 9.17) is 0 Å². The Kier molecular flexibility index (Phi) is 9.29. The molecule has 2 N–H and O–H groups in total. The van der Waals surface area contributed by atoms with Crippen LogP contribution in [0, 0.1) is 11.6 Å². The number of nitrogens with zero attached hydrogens (tertiary/aromatic N) is 3. The fraction of sp³-hybridized carbons (Fsp3) is 0.409. The first kappa shape index (κ1) is 24.3. The molecule has 0 aliphatic carbocycles. The van der Waals surface area contributed by atoms with E-state index >= 15 is 0 Å². The van der Waals surface area contributed by atoms with Crippen LogP contribution in [0.25, 0.3) is 0 Å². The van der Waals surface area contributed by atoms with Gasteiger partial charge in [0.2, 0.25) is 0 Å². The first-order valence-electron chi connectivity index (χ1n) is 9.85. The third-order valence-corrected chi connectivity index (χ3v) is 4.99. The fourth-order valence-corrected chi connectivity index (χ4v) is 3.57. The van der Waals surface area contributed by atoms with Crippen molar-refractivity contribution >= 4 is 35.6 Å². The third kappa shape index (κ3) is 6.53. The number of anilines is 1. The lowest BCUT2D eigenvalue weighted by Crippen LogP contribution is -2.44. The van der Waals surface area contributed by atoms with Crippen LogP contribution in [-0.2, 0) is 13.1 Å². The van der Waals surface area contributed by atoms with E-state index in [1.807, 2.05) is 0 Å². The lowest BCUT2D eigenvalue weighted by molar-refractivity contribution is 0.402. The topological polar surface area (TPSA) is 42.9 Å². The number of rotatable bonds is 6. The van der Waals surface area contributed by atoms with Crippen molar-refractivity contribution in [3.05, 3.63) is 65.2 Å². The van der Waals surface area contributed by atoms with Crippen LogP contribution in [-0.4, -0.2) is 51.1 Å². The third-order valence-electron chi connectivity index (χ3n) is 4.99. The van der Waals surface area contributed by atoms with Crippen molar-refractivity contribution in [2.45, 2.75) is 25.6 Å². The number of nitrogens with one attached hydrogen (secondary N) is 2. The second-order valence-corrected chi connectivity index (χ2v) is 7.63. The number of halogens is 3. The number of hydrogen-bond acceptors (Lipinski definition) is 3. The Labute approximate surface area is 194 Å². The second kappa shape index (κ2) is 11.5. The predicted octanol–water partition coefficient (Wildman–Crippen LogP) is 3.59. The summed E-state index contributed by atoms with van der Waals surface area (Å²) in [7, 11) is 5.82. The molecule has 164 valence electrons. The molecule has 2 aromatic carbocycles. The quantitative estimate of drug-likeness (QED) is 0.341. The van der Waals surface area contributed by atoms with Gasteiger partial charge in [0.25, 0.3) is 0 Å². The normalized spacial score (nSPS) is 16.5. The van der Waals surface area contributed by atoms with E-state index < -0.39 is 11.6 Å². The average Bonchev–Trinajstić information content (AvgIpc) is 3.13. The van der Waals surface area contributed by atoms with Gasteiger partial charge in [-0.25, -0.2) is 8.78 Å². The molecule has 3 rings (SSSR count). The van der Waals surface area contributed by atoms with Gasteiger partial charge in [-0.1, -0.05) is 30.3 Å². The molecule has 0 aromatic heterocycles. The first-order valence-corrected chi connectivity index (χ1v) is 9.85. The lowest BCUT2D eigenvalue weighted by atomic mass is 10.1. The Morgan fingerprint density at radius 2 is 1.73 bits per heavy atom. The first-order chi connectivity index (χ1) is 14.0. The summed E-state index contributed by atoms with van der Waals surface area (Å²) in [4.78, 5) is 8.16. The second-order valence-electron chi connectivity index (χ2n) is 7.63. The Balaban J connectivity index is 0.00000320. The summed E-state index contributed by atoms with van der Waals surface area (Å²) in [6, 6.07) is 12.5. The molecule has 1 atom stereocenters. The number of aliphatic imine (C=N–C) groups is 1. The molecular weight excluding hydrogens is 499 g/mol. The zero-order valence-corrected chi connectivity index (χ0v) is 20.0. The van der Waals surface area contributed by atoms with Crippen LogP contribution in [0.1, 0.15) is 17.5 Å². The molecule has 1 heterocycles. The summed E-state index contributed by atoms with van der Waals surface area (Å²) in [5.74, 6) is -0.361. The molecule has 0 bridgehead atoms. The van der Waals surface area contributed by atoms with Crippen LogP contribution in [0.5, 0.6) is 0 Å². The van der Waals surface area contributed by atoms with Gasteiger partial charge >= 0.3 is 0 Å². The van der Waals surface area contributed by atoms with E-state index in [1.54, 1.807) is 11.9 Å². The minimum Gasteiger partial charge on any atom is -0.365 e. The van der Waals surface area contributed by atoms with Crippen LogP contribution < -0.4 is 15.5 Å². The van der Waals surface area contributed by atoms with Gasteiger partial charge in [0.1, 0.15) is 17.3 Å². The molecule has 1 unspecified atom stereocenters. The molecule has 30 heavy (non-hydrogen) atoms. The monoisotopic (exact) mass is 529 g/mol. The van der Waals surface area contributed by atoms with E-state index in [2.05, 4.69) is 58.9 Å². The molecule has 8 heteroatoms. The Bertz CT molecular complexity index is 822. The minimum absolute atomic E-state index is 0.